The first kappa shape index (κ1) is 20.5. The van der Waals surface area contributed by atoms with Crippen LogP contribution >= 0.6 is 0 Å². The van der Waals surface area contributed by atoms with Gasteiger partial charge in [0.05, 0.1) is 17.2 Å². The van der Waals surface area contributed by atoms with Crippen molar-refractivity contribution in [2.75, 3.05) is 22.1 Å². The Balaban J connectivity index is 1.55. The summed E-state index contributed by atoms with van der Waals surface area (Å²) < 4.78 is 0. The third kappa shape index (κ3) is 4.24. The van der Waals surface area contributed by atoms with Gasteiger partial charge in [-0.2, -0.15) is 0 Å². The Bertz CT molecular complexity index is 1210. The number of hydrogen-bond acceptors (Lipinski definition) is 6. The molecule has 0 aromatic heterocycles. The van der Waals surface area contributed by atoms with E-state index in [-0.39, 0.29) is 23.5 Å². The van der Waals surface area contributed by atoms with E-state index in [1.54, 1.807) is 42.5 Å². The summed E-state index contributed by atoms with van der Waals surface area (Å²) in [7, 11) is 0. The lowest BCUT2D eigenvalue weighted by molar-refractivity contribution is -0.383. The monoisotopic (exact) mass is 431 g/mol. The quantitative estimate of drug-likeness (QED) is 0.310. The summed E-state index contributed by atoms with van der Waals surface area (Å²) in [5.41, 5.74) is 1.37. The zero-order chi connectivity index (χ0) is 22.7. The van der Waals surface area contributed by atoms with Crippen LogP contribution in [0.2, 0.25) is 0 Å². The minimum Gasteiger partial charge on any atom is -0.350 e. The molecule has 4 rings (SSSR count). The van der Waals surface area contributed by atoms with Crippen molar-refractivity contribution < 1.29 is 19.3 Å². The van der Waals surface area contributed by atoms with Gasteiger partial charge in [-0.3, -0.25) is 19.7 Å². The Hall–Kier alpha value is -4.73. The van der Waals surface area contributed by atoms with E-state index >= 15 is 0 Å². The third-order valence-corrected chi connectivity index (χ3v) is 4.71. The van der Waals surface area contributed by atoms with Gasteiger partial charge in [0.1, 0.15) is 5.69 Å². The molecule has 0 bridgehead atoms. The number of carbonyl (C=O) groups is 3. The first-order valence-electron chi connectivity index (χ1n) is 9.55. The highest BCUT2D eigenvalue weighted by atomic mass is 16.6. The molecule has 0 saturated carbocycles. The van der Waals surface area contributed by atoms with E-state index in [0.717, 1.165) is 4.90 Å². The van der Waals surface area contributed by atoms with E-state index in [2.05, 4.69) is 16.0 Å². The standard InChI is InChI=1S/C22H17N5O5/c28-20-13-23-22(30)26(20)17-8-4-7-16(12-17)25-21(29)14-9-10-18(19(11-14)27(31)32)24-15-5-2-1-3-6-15/h1-12,24H,13H2,(H,23,30)(H,25,29). The number of urea groups is 1. The van der Waals surface area contributed by atoms with E-state index in [0.29, 0.717) is 17.1 Å². The van der Waals surface area contributed by atoms with Crippen LogP contribution in [0.3, 0.4) is 0 Å². The molecule has 10 nitrogen and oxygen atoms in total. The van der Waals surface area contributed by atoms with Crippen LogP contribution in [0.5, 0.6) is 0 Å². The average molecular weight is 431 g/mol. The molecule has 1 heterocycles. The Morgan fingerprint density at radius 1 is 0.969 bits per heavy atom. The third-order valence-electron chi connectivity index (χ3n) is 4.71. The zero-order valence-electron chi connectivity index (χ0n) is 16.6. The topological polar surface area (TPSA) is 134 Å². The first-order valence-corrected chi connectivity index (χ1v) is 9.55. The number of nitrogens with zero attached hydrogens (tertiary/aromatic N) is 2. The number of hydrogen-bond donors (Lipinski definition) is 3. The number of carbonyl (C=O) groups excluding carboxylic acids is 3. The summed E-state index contributed by atoms with van der Waals surface area (Å²) in [5, 5.41) is 19.6. The molecule has 32 heavy (non-hydrogen) atoms. The van der Waals surface area contributed by atoms with Gasteiger partial charge in [-0.25, -0.2) is 9.69 Å². The molecule has 3 aromatic carbocycles. The maximum absolute atomic E-state index is 12.7. The average Bonchev–Trinajstić information content (AvgIpc) is 3.12. The molecule has 1 aliphatic rings. The molecule has 0 radical (unpaired) electrons. The van der Waals surface area contributed by atoms with E-state index in [4.69, 9.17) is 0 Å². The highest BCUT2D eigenvalue weighted by Gasteiger charge is 2.30. The van der Waals surface area contributed by atoms with Gasteiger partial charge < -0.3 is 16.0 Å². The molecule has 0 unspecified atom stereocenters. The van der Waals surface area contributed by atoms with Crippen molar-refractivity contribution in [2.24, 2.45) is 0 Å². The van der Waals surface area contributed by atoms with Gasteiger partial charge in [-0.15, -0.1) is 0 Å². The molecule has 4 amide bonds. The fourth-order valence-corrected chi connectivity index (χ4v) is 3.22. The van der Waals surface area contributed by atoms with Crippen LogP contribution in [-0.2, 0) is 4.79 Å². The van der Waals surface area contributed by atoms with Gasteiger partial charge in [0.15, 0.2) is 0 Å². The predicted molar refractivity (Wildman–Crippen MR) is 118 cm³/mol. The molecular weight excluding hydrogens is 414 g/mol. The summed E-state index contributed by atoms with van der Waals surface area (Å²) in [6.45, 7) is -0.0948. The fourth-order valence-electron chi connectivity index (χ4n) is 3.22. The van der Waals surface area contributed by atoms with Gasteiger partial charge >= 0.3 is 6.03 Å². The second-order valence-electron chi connectivity index (χ2n) is 6.87. The highest BCUT2D eigenvalue weighted by molar-refractivity contribution is 6.20. The molecule has 0 atom stereocenters. The van der Waals surface area contributed by atoms with Crippen molar-refractivity contribution in [1.82, 2.24) is 5.32 Å². The molecule has 1 aliphatic heterocycles. The molecular formula is C22H17N5O5. The van der Waals surface area contributed by atoms with Crippen molar-refractivity contribution in [1.29, 1.82) is 0 Å². The minimum absolute atomic E-state index is 0.0794. The maximum atomic E-state index is 12.7. The van der Waals surface area contributed by atoms with Gasteiger partial charge in [0.2, 0.25) is 0 Å². The molecule has 10 heteroatoms. The van der Waals surface area contributed by atoms with Crippen LogP contribution < -0.4 is 20.9 Å². The van der Waals surface area contributed by atoms with Gasteiger partial charge in [0.25, 0.3) is 17.5 Å². The van der Waals surface area contributed by atoms with Crippen molar-refractivity contribution in [3.8, 4) is 0 Å². The summed E-state index contributed by atoms with van der Waals surface area (Å²) in [6, 6.07) is 18.7. The van der Waals surface area contributed by atoms with Crippen LogP contribution in [-0.4, -0.2) is 29.3 Å². The van der Waals surface area contributed by atoms with Crippen molar-refractivity contribution in [3.63, 3.8) is 0 Å². The summed E-state index contributed by atoms with van der Waals surface area (Å²) in [6.07, 6.45) is 0. The number of anilines is 4. The Kier molecular flexibility index (Phi) is 5.49. The van der Waals surface area contributed by atoms with Crippen molar-refractivity contribution >= 4 is 46.3 Å². The molecule has 3 aromatic rings. The largest absolute Gasteiger partial charge is 0.350 e. The van der Waals surface area contributed by atoms with Gasteiger partial charge in [-0.05, 0) is 42.5 Å². The number of rotatable bonds is 6. The SMILES string of the molecule is O=C(Nc1cccc(N2C(=O)CNC2=O)c1)c1ccc(Nc2ccccc2)c([N+](=O)[O-])c1. The molecule has 1 saturated heterocycles. The number of nitro benzene ring substituents is 1. The summed E-state index contributed by atoms with van der Waals surface area (Å²) in [5.74, 6) is -0.982. The van der Waals surface area contributed by atoms with Crippen LogP contribution in [0, 0.1) is 10.1 Å². The molecule has 1 fully saturated rings. The smallest absolute Gasteiger partial charge is 0.329 e. The normalized spacial score (nSPS) is 12.9. The van der Waals surface area contributed by atoms with Crippen molar-refractivity contribution in [3.05, 3.63) is 88.5 Å². The van der Waals surface area contributed by atoms with Crippen LogP contribution in [0.1, 0.15) is 10.4 Å². The second-order valence-corrected chi connectivity index (χ2v) is 6.87. The molecule has 3 N–H and O–H groups in total. The fraction of sp³-hybridized carbons (Fsp3) is 0.0455. The lowest BCUT2D eigenvalue weighted by Gasteiger charge is -2.14. The number of imide groups is 1. The minimum atomic E-state index is -0.575. The second kappa shape index (κ2) is 8.56. The predicted octanol–water partition coefficient (Wildman–Crippen LogP) is 3.65. The van der Waals surface area contributed by atoms with E-state index in [1.165, 1.54) is 24.3 Å². The zero-order valence-corrected chi connectivity index (χ0v) is 16.6. The highest BCUT2D eigenvalue weighted by Crippen LogP contribution is 2.29. The van der Waals surface area contributed by atoms with E-state index in [1.807, 2.05) is 6.07 Å². The van der Waals surface area contributed by atoms with Crippen LogP contribution in [0.4, 0.5) is 33.2 Å². The Morgan fingerprint density at radius 3 is 2.41 bits per heavy atom. The number of para-hydroxylation sites is 1. The van der Waals surface area contributed by atoms with Crippen molar-refractivity contribution in [2.45, 2.75) is 0 Å². The van der Waals surface area contributed by atoms with E-state index in [9.17, 15) is 24.5 Å². The van der Waals surface area contributed by atoms with E-state index < -0.39 is 22.8 Å². The molecule has 160 valence electrons. The maximum Gasteiger partial charge on any atom is 0.329 e. The summed E-state index contributed by atoms with van der Waals surface area (Å²) >= 11 is 0. The Morgan fingerprint density at radius 2 is 1.72 bits per heavy atom. The number of nitrogens with one attached hydrogen (secondary N) is 3. The van der Waals surface area contributed by atoms with Crippen LogP contribution in [0.25, 0.3) is 0 Å². The number of benzene rings is 3. The Labute approximate surface area is 182 Å². The van der Waals surface area contributed by atoms with Gasteiger partial charge in [0, 0.05) is 23.0 Å². The lowest BCUT2D eigenvalue weighted by atomic mass is 10.1. The van der Waals surface area contributed by atoms with Gasteiger partial charge in [-0.1, -0.05) is 24.3 Å². The molecule has 0 spiro atoms. The first-order chi connectivity index (χ1) is 15.4. The number of nitro groups is 1. The number of amides is 4. The lowest BCUT2D eigenvalue weighted by Crippen LogP contribution is -2.30. The summed E-state index contributed by atoms with van der Waals surface area (Å²) in [4.78, 5) is 48.4. The van der Waals surface area contributed by atoms with Crippen LogP contribution in [0.15, 0.2) is 72.8 Å². The molecule has 0 aliphatic carbocycles.